The number of hydrogen-bond acceptors (Lipinski definition) is 2. The Balaban J connectivity index is 2.85. The molecular formula is C11H15ClN4O. The van der Waals surface area contributed by atoms with Gasteiger partial charge < -0.3 is 11.1 Å². The molecule has 0 radical (unpaired) electrons. The Morgan fingerprint density at radius 2 is 1.88 bits per heavy atom. The molecule has 0 aliphatic heterocycles. The van der Waals surface area contributed by atoms with Gasteiger partial charge in [0.05, 0.1) is 0 Å². The summed E-state index contributed by atoms with van der Waals surface area (Å²) in [6.45, 7) is 3.73. The lowest BCUT2D eigenvalue weighted by Crippen LogP contribution is -2.39. The number of aryl methyl sites for hydroxylation is 2. The number of guanidine groups is 1. The van der Waals surface area contributed by atoms with Crippen LogP contribution in [0.3, 0.4) is 0 Å². The van der Waals surface area contributed by atoms with Gasteiger partial charge in [0.2, 0.25) is 0 Å². The number of carbonyl (C=O) groups excluding carboxylic acids is 1. The second-order valence-corrected chi connectivity index (χ2v) is 4.04. The molecule has 0 spiro atoms. The molecule has 0 bridgehead atoms. The van der Waals surface area contributed by atoms with Crippen molar-refractivity contribution in [1.82, 2.24) is 5.32 Å². The zero-order chi connectivity index (χ0) is 13.0. The van der Waals surface area contributed by atoms with Crippen LogP contribution in [-0.4, -0.2) is 19.0 Å². The van der Waals surface area contributed by atoms with Crippen molar-refractivity contribution < 1.29 is 4.79 Å². The average Bonchev–Trinajstić information content (AvgIpc) is 2.23. The Kier molecular flexibility index (Phi) is 4.34. The molecule has 0 saturated carbocycles. The number of amides is 2. The van der Waals surface area contributed by atoms with Crippen molar-refractivity contribution in [3.05, 3.63) is 28.3 Å². The molecule has 1 rings (SSSR count). The molecule has 17 heavy (non-hydrogen) atoms. The number of nitrogens with zero attached hydrogens (tertiary/aromatic N) is 1. The number of benzene rings is 1. The second-order valence-electron chi connectivity index (χ2n) is 3.60. The predicted octanol–water partition coefficient (Wildman–Crippen LogP) is 2.02. The molecule has 0 saturated heterocycles. The maximum atomic E-state index is 11.6. The summed E-state index contributed by atoms with van der Waals surface area (Å²) in [5, 5.41) is 5.73. The van der Waals surface area contributed by atoms with Crippen LogP contribution in [0.5, 0.6) is 0 Å². The van der Waals surface area contributed by atoms with Gasteiger partial charge in [-0.1, -0.05) is 11.6 Å². The van der Waals surface area contributed by atoms with Crippen LogP contribution in [0.25, 0.3) is 0 Å². The molecule has 92 valence electrons. The number of rotatable bonds is 1. The minimum Gasteiger partial charge on any atom is -0.370 e. The van der Waals surface area contributed by atoms with Gasteiger partial charge in [-0.05, 0) is 37.1 Å². The van der Waals surface area contributed by atoms with Crippen molar-refractivity contribution in [1.29, 1.82) is 0 Å². The van der Waals surface area contributed by atoms with E-state index in [4.69, 9.17) is 17.3 Å². The van der Waals surface area contributed by atoms with E-state index >= 15 is 0 Å². The van der Waals surface area contributed by atoms with E-state index in [1.807, 2.05) is 13.8 Å². The summed E-state index contributed by atoms with van der Waals surface area (Å²) in [6.07, 6.45) is 0. The first-order chi connectivity index (χ1) is 7.93. The van der Waals surface area contributed by atoms with Gasteiger partial charge in [-0.15, -0.1) is 0 Å². The van der Waals surface area contributed by atoms with Crippen LogP contribution >= 0.6 is 11.6 Å². The summed E-state index contributed by atoms with van der Waals surface area (Å²) in [5.74, 6) is 0.0618. The second kappa shape index (κ2) is 5.54. The summed E-state index contributed by atoms with van der Waals surface area (Å²) in [6, 6.07) is 3.13. The van der Waals surface area contributed by atoms with Gasteiger partial charge in [-0.2, -0.15) is 0 Å². The fraction of sp³-hybridized carbons (Fsp3) is 0.273. The molecular weight excluding hydrogens is 240 g/mol. The van der Waals surface area contributed by atoms with Crippen LogP contribution < -0.4 is 16.4 Å². The highest BCUT2D eigenvalue weighted by Crippen LogP contribution is 2.24. The Hall–Kier alpha value is -1.75. The van der Waals surface area contributed by atoms with E-state index in [9.17, 15) is 4.79 Å². The van der Waals surface area contributed by atoms with E-state index in [0.717, 1.165) is 16.8 Å². The van der Waals surface area contributed by atoms with Crippen molar-refractivity contribution in [2.24, 2.45) is 10.7 Å². The monoisotopic (exact) mass is 254 g/mol. The van der Waals surface area contributed by atoms with Crippen molar-refractivity contribution >= 4 is 29.3 Å². The largest absolute Gasteiger partial charge is 0.370 e. The summed E-state index contributed by atoms with van der Waals surface area (Å²) in [7, 11) is 1.49. The van der Waals surface area contributed by atoms with Crippen LogP contribution in [0.1, 0.15) is 11.1 Å². The van der Waals surface area contributed by atoms with Gasteiger partial charge in [0, 0.05) is 17.8 Å². The Bertz CT molecular complexity index is 448. The van der Waals surface area contributed by atoms with Gasteiger partial charge in [-0.25, -0.2) is 4.79 Å². The molecule has 1 aromatic carbocycles. The first-order valence-electron chi connectivity index (χ1n) is 5.01. The molecule has 1 aromatic rings. The summed E-state index contributed by atoms with van der Waals surface area (Å²) in [5.41, 5.74) is 7.88. The van der Waals surface area contributed by atoms with Gasteiger partial charge in [0.25, 0.3) is 0 Å². The number of hydrogen-bond donors (Lipinski definition) is 3. The zero-order valence-corrected chi connectivity index (χ0v) is 10.7. The maximum Gasteiger partial charge on any atom is 0.326 e. The summed E-state index contributed by atoms with van der Waals surface area (Å²) < 4.78 is 0. The fourth-order valence-electron chi connectivity index (χ4n) is 1.42. The molecule has 4 N–H and O–H groups in total. The molecule has 0 aliphatic carbocycles. The van der Waals surface area contributed by atoms with Crippen molar-refractivity contribution in [2.45, 2.75) is 13.8 Å². The number of anilines is 1. The maximum absolute atomic E-state index is 11.6. The molecule has 0 atom stereocenters. The quantitative estimate of drug-likeness (QED) is 0.530. The number of nitrogens with one attached hydrogen (secondary N) is 2. The molecule has 6 heteroatoms. The molecule has 0 aromatic heterocycles. The summed E-state index contributed by atoms with van der Waals surface area (Å²) >= 11 is 5.90. The third-order valence-electron chi connectivity index (χ3n) is 2.22. The third kappa shape index (κ3) is 3.64. The van der Waals surface area contributed by atoms with Gasteiger partial charge in [0.15, 0.2) is 5.96 Å². The Morgan fingerprint density at radius 3 is 2.35 bits per heavy atom. The zero-order valence-electron chi connectivity index (χ0n) is 9.97. The lowest BCUT2D eigenvalue weighted by atomic mass is 10.1. The van der Waals surface area contributed by atoms with Crippen molar-refractivity contribution in [3.63, 3.8) is 0 Å². The van der Waals surface area contributed by atoms with Crippen LogP contribution in [-0.2, 0) is 0 Å². The lowest BCUT2D eigenvalue weighted by Gasteiger charge is -2.12. The smallest absolute Gasteiger partial charge is 0.326 e. The van der Waals surface area contributed by atoms with E-state index in [-0.39, 0.29) is 5.96 Å². The minimum atomic E-state index is -0.429. The molecule has 0 fully saturated rings. The standard InChI is InChI=1S/C11H15ClN4O/c1-6-4-8(12)5-7(2)9(6)15-11(17)16-10(13)14-3/h4-5H,1-3H3,(H4,13,14,15,16,17). The Labute approximate surface area is 105 Å². The number of aliphatic imine (C=N–C) groups is 1. The van der Waals surface area contributed by atoms with E-state index in [1.165, 1.54) is 7.05 Å². The van der Waals surface area contributed by atoms with Crippen LogP contribution in [0.15, 0.2) is 17.1 Å². The van der Waals surface area contributed by atoms with E-state index in [1.54, 1.807) is 12.1 Å². The fourth-order valence-corrected chi connectivity index (χ4v) is 1.75. The molecule has 0 unspecified atom stereocenters. The summed E-state index contributed by atoms with van der Waals surface area (Å²) in [4.78, 5) is 15.2. The number of carbonyl (C=O) groups is 1. The van der Waals surface area contributed by atoms with Crippen LogP contribution in [0.4, 0.5) is 10.5 Å². The van der Waals surface area contributed by atoms with E-state index < -0.39 is 6.03 Å². The highest BCUT2D eigenvalue weighted by Gasteiger charge is 2.08. The van der Waals surface area contributed by atoms with Crippen LogP contribution in [0.2, 0.25) is 5.02 Å². The SMILES string of the molecule is CN=C(N)NC(=O)Nc1c(C)cc(Cl)cc1C. The molecule has 2 amide bonds. The molecule has 5 nitrogen and oxygen atoms in total. The lowest BCUT2D eigenvalue weighted by molar-refractivity contribution is 0.256. The normalized spacial score (nSPS) is 11.2. The van der Waals surface area contributed by atoms with E-state index in [2.05, 4.69) is 15.6 Å². The number of urea groups is 1. The third-order valence-corrected chi connectivity index (χ3v) is 2.44. The number of nitrogens with two attached hydrogens (primary N) is 1. The molecule has 0 heterocycles. The van der Waals surface area contributed by atoms with Gasteiger partial charge in [0.1, 0.15) is 0 Å². The molecule has 0 aliphatic rings. The average molecular weight is 255 g/mol. The first-order valence-corrected chi connectivity index (χ1v) is 5.39. The minimum absolute atomic E-state index is 0.0618. The predicted molar refractivity (Wildman–Crippen MR) is 70.6 cm³/mol. The van der Waals surface area contributed by atoms with Crippen molar-refractivity contribution in [2.75, 3.05) is 12.4 Å². The van der Waals surface area contributed by atoms with Crippen LogP contribution in [0, 0.1) is 13.8 Å². The van der Waals surface area contributed by atoms with E-state index in [0.29, 0.717) is 5.02 Å². The number of halogens is 1. The van der Waals surface area contributed by atoms with Gasteiger partial charge in [-0.3, -0.25) is 10.3 Å². The van der Waals surface area contributed by atoms with Crippen molar-refractivity contribution in [3.8, 4) is 0 Å². The first kappa shape index (κ1) is 13.3. The Morgan fingerprint density at radius 1 is 1.35 bits per heavy atom. The topological polar surface area (TPSA) is 79.5 Å². The highest BCUT2D eigenvalue weighted by atomic mass is 35.5. The highest BCUT2D eigenvalue weighted by molar-refractivity contribution is 6.30. The van der Waals surface area contributed by atoms with Gasteiger partial charge >= 0.3 is 6.03 Å².